The second-order valence-corrected chi connectivity index (χ2v) is 6.68. The van der Waals surface area contributed by atoms with E-state index in [4.69, 9.17) is 10.9 Å². The quantitative estimate of drug-likeness (QED) is 0.713. The monoisotopic (exact) mass is 385 g/mol. The maximum Gasteiger partial charge on any atom is 0.251 e. The van der Waals surface area contributed by atoms with E-state index in [1.54, 1.807) is 13.0 Å². The predicted octanol–water partition coefficient (Wildman–Crippen LogP) is 0.904. The van der Waals surface area contributed by atoms with Crippen LogP contribution in [-0.2, 0) is 10.0 Å². The van der Waals surface area contributed by atoms with Gasteiger partial charge in [0.05, 0.1) is 4.90 Å². The minimum Gasteiger partial charge on any atom is -0.348 e. The third-order valence-corrected chi connectivity index (χ3v) is 4.10. The summed E-state index contributed by atoms with van der Waals surface area (Å²) in [6.45, 7) is 3.58. The van der Waals surface area contributed by atoms with Gasteiger partial charge in [-0.1, -0.05) is 15.9 Å². The van der Waals surface area contributed by atoms with E-state index in [1.165, 1.54) is 13.0 Å². The van der Waals surface area contributed by atoms with E-state index in [2.05, 4.69) is 21.2 Å². The summed E-state index contributed by atoms with van der Waals surface area (Å²) in [6.07, 6.45) is 0. The molecule has 9 heteroatoms. The first-order valence-corrected chi connectivity index (χ1v) is 7.84. The highest BCUT2D eigenvalue weighted by Gasteiger charge is 2.20. The summed E-state index contributed by atoms with van der Waals surface area (Å²) in [4.78, 5) is 12.0. The van der Waals surface area contributed by atoms with Gasteiger partial charge in [0.2, 0.25) is 10.0 Å². The first-order chi connectivity index (χ1) is 8.66. The Bertz CT molecular complexity index is 607. The molecule has 1 aromatic rings. The average molecular weight is 387 g/mol. The minimum absolute atomic E-state index is 0. The van der Waals surface area contributed by atoms with E-state index >= 15 is 0 Å². The molecule has 0 aliphatic carbocycles. The Labute approximate surface area is 132 Å². The zero-order valence-electron chi connectivity index (χ0n) is 11.0. The average Bonchev–Trinajstić information content (AvgIpc) is 2.29. The van der Waals surface area contributed by atoms with Crippen LogP contribution in [0.15, 0.2) is 21.5 Å². The first kappa shape index (κ1) is 19.3. The molecule has 0 spiro atoms. The van der Waals surface area contributed by atoms with E-state index in [-0.39, 0.29) is 34.8 Å². The van der Waals surface area contributed by atoms with Gasteiger partial charge in [0, 0.05) is 22.6 Å². The lowest BCUT2D eigenvalue weighted by molar-refractivity contribution is 0.0940. The number of sulfonamides is 1. The van der Waals surface area contributed by atoms with E-state index < -0.39 is 10.0 Å². The molecule has 0 heterocycles. The molecule has 1 aromatic carbocycles. The molecule has 0 fully saturated rings. The lowest BCUT2D eigenvalue weighted by Crippen LogP contribution is -2.38. The van der Waals surface area contributed by atoms with Crippen molar-refractivity contribution in [1.29, 1.82) is 0 Å². The SMILES string of the molecule is Cc1c(C(=O)N[C@@H](C)CN)cc(Br)cc1S(N)(=O)=O.Cl. The minimum atomic E-state index is -3.88. The van der Waals surface area contributed by atoms with E-state index in [9.17, 15) is 13.2 Å². The lowest BCUT2D eigenvalue weighted by Gasteiger charge is -2.14. The van der Waals surface area contributed by atoms with Crippen LogP contribution in [0.2, 0.25) is 0 Å². The standard InChI is InChI=1S/C11H16BrN3O3S.ClH/c1-6(5-13)15-11(16)9-3-8(12)4-10(7(9)2)19(14,17)18;/h3-4,6H,5,13H2,1-2H3,(H,15,16)(H2,14,17,18);1H/t6-;/m0./s1. The second-order valence-electron chi connectivity index (χ2n) is 4.23. The van der Waals surface area contributed by atoms with Crippen molar-refractivity contribution >= 4 is 44.3 Å². The Balaban J connectivity index is 0.00000361. The number of hydrogen-bond acceptors (Lipinski definition) is 4. The smallest absolute Gasteiger partial charge is 0.251 e. The van der Waals surface area contributed by atoms with Crippen LogP contribution < -0.4 is 16.2 Å². The summed E-state index contributed by atoms with van der Waals surface area (Å²) in [5.41, 5.74) is 5.99. The lowest BCUT2D eigenvalue weighted by atomic mass is 10.1. The number of primary sulfonamides is 1. The molecule has 0 saturated heterocycles. The van der Waals surface area contributed by atoms with Crippen LogP contribution in [0.25, 0.3) is 0 Å². The molecular formula is C11H17BrClN3O3S. The second kappa shape index (κ2) is 7.37. The van der Waals surface area contributed by atoms with E-state index in [1.807, 2.05) is 0 Å². The van der Waals surface area contributed by atoms with E-state index in [0.29, 0.717) is 16.6 Å². The van der Waals surface area contributed by atoms with Crippen molar-refractivity contribution in [3.63, 3.8) is 0 Å². The highest BCUT2D eigenvalue weighted by atomic mass is 79.9. The van der Waals surface area contributed by atoms with Gasteiger partial charge >= 0.3 is 0 Å². The van der Waals surface area contributed by atoms with Crippen molar-refractivity contribution in [2.24, 2.45) is 10.9 Å². The van der Waals surface area contributed by atoms with Crippen LogP contribution in [0.1, 0.15) is 22.8 Å². The number of halogens is 2. The Kier molecular flexibility index (Phi) is 7.12. The summed E-state index contributed by atoms with van der Waals surface area (Å²) >= 11 is 3.17. The molecule has 0 radical (unpaired) electrons. The number of carbonyl (C=O) groups is 1. The molecular weight excluding hydrogens is 370 g/mol. The fourth-order valence-electron chi connectivity index (χ4n) is 1.55. The van der Waals surface area contributed by atoms with Crippen molar-refractivity contribution < 1.29 is 13.2 Å². The molecule has 0 bridgehead atoms. The van der Waals surface area contributed by atoms with Crippen LogP contribution in [0, 0.1) is 6.92 Å². The number of nitrogens with two attached hydrogens (primary N) is 2. The van der Waals surface area contributed by atoms with Crippen LogP contribution in [-0.4, -0.2) is 26.9 Å². The van der Waals surface area contributed by atoms with Crippen LogP contribution in [0.4, 0.5) is 0 Å². The number of rotatable bonds is 4. The largest absolute Gasteiger partial charge is 0.348 e. The molecule has 5 N–H and O–H groups in total. The van der Waals surface area contributed by atoms with Gasteiger partial charge in [-0.05, 0) is 31.5 Å². The highest BCUT2D eigenvalue weighted by molar-refractivity contribution is 9.10. The van der Waals surface area contributed by atoms with Crippen LogP contribution in [0.5, 0.6) is 0 Å². The Hall–Kier alpha value is -0.670. The normalized spacial score (nSPS) is 12.4. The van der Waals surface area contributed by atoms with Crippen molar-refractivity contribution in [3.05, 3.63) is 27.7 Å². The van der Waals surface area contributed by atoms with E-state index in [0.717, 1.165) is 0 Å². The molecule has 1 amide bonds. The summed E-state index contributed by atoms with van der Waals surface area (Å²) in [6, 6.07) is 2.71. The molecule has 0 aliphatic heterocycles. The van der Waals surface area contributed by atoms with Crippen molar-refractivity contribution in [2.45, 2.75) is 24.8 Å². The van der Waals surface area contributed by atoms with Crippen molar-refractivity contribution in [2.75, 3.05) is 6.54 Å². The Morgan fingerprint density at radius 1 is 1.45 bits per heavy atom. The van der Waals surface area contributed by atoms with Gasteiger partial charge in [-0.2, -0.15) is 0 Å². The zero-order chi connectivity index (χ0) is 14.8. The topological polar surface area (TPSA) is 115 Å². The molecule has 0 aliphatic rings. The maximum atomic E-state index is 12.0. The number of hydrogen-bond donors (Lipinski definition) is 3. The molecule has 0 unspecified atom stereocenters. The summed E-state index contributed by atoms with van der Waals surface area (Å²) in [5, 5.41) is 7.79. The summed E-state index contributed by atoms with van der Waals surface area (Å²) < 4.78 is 23.4. The molecule has 0 saturated carbocycles. The molecule has 20 heavy (non-hydrogen) atoms. The van der Waals surface area contributed by atoms with Crippen molar-refractivity contribution in [1.82, 2.24) is 5.32 Å². The van der Waals surface area contributed by atoms with Gasteiger partial charge in [0.25, 0.3) is 5.91 Å². The molecule has 0 aromatic heterocycles. The summed E-state index contributed by atoms with van der Waals surface area (Å²) in [7, 11) is -3.88. The molecule has 1 atom stereocenters. The molecule has 1 rings (SSSR count). The summed E-state index contributed by atoms with van der Waals surface area (Å²) in [5.74, 6) is -0.387. The van der Waals surface area contributed by atoms with Crippen molar-refractivity contribution in [3.8, 4) is 0 Å². The van der Waals surface area contributed by atoms with Gasteiger partial charge in [0.15, 0.2) is 0 Å². The third-order valence-electron chi connectivity index (χ3n) is 2.61. The molecule has 114 valence electrons. The van der Waals surface area contributed by atoms with Gasteiger partial charge < -0.3 is 11.1 Å². The van der Waals surface area contributed by atoms with Gasteiger partial charge in [-0.15, -0.1) is 12.4 Å². The molecule has 6 nitrogen and oxygen atoms in total. The first-order valence-electron chi connectivity index (χ1n) is 5.50. The van der Waals surface area contributed by atoms with Gasteiger partial charge in [-0.3, -0.25) is 4.79 Å². The van der Waals surface area contributed by atoms with Crippen LogP contribution >= 0.6 is 28.3 Å². The maximum absolute atomic E-state index is 12.0. The Morgan fingerprint density at radius 2 is 2.00 bits per heavy atom. The highest BCUT2D eigenvalue weighted by Crippen LogP contribution is 2.24. The number of carbonyl (C=O) groups excluding carboxylic acids is 1. The fraction of sp³-hybridized carbons (Fsp3) is 0.364. The number of nitrogens with one attached hydrogen (secondary N) is 1. The Morgan fingerprint density at radius 3 is 2.45 bits per heavy atom. The number of benzene rings is 1. The predicted molar refractivity (Wildman–Crippen MR) is 83.5 cm³/mol. The van der Waals surface area contributed by atoms with Gasteiger partial charge in [-0.25, -0.2) is 13.6 Å². The fourth-order valence-corrected chi connectivity index (χ4v) is 2.98. The van der Waals surface area contributed by atoms with Crippen LogP contribution in [0.3, 0.4) is 0 Å². The third kappa shape index (κ3) is 4.71. The number of amides is 1. The zero-order valence-corrected chi connectivity index (χ0v) is 14.2. The van der Waals surface area contributed by atoms with Gasteiger partial charge in [0.1, 0.15) is 0 Å².